The Morgan fingerprint density at radius 1 is 1.27 bits per heavy atom. The highest BCUT2D eigenvalue weighted by atomic mass is 35.5. The molecule has 0 spiro atoms. The van der Waals surface area contributed by atoms with Crippen molar-refractivity contribution in [3.63, 3.8) is 0 Å². The molecule has 0 saturated carbocycles. The molecule has 0 unspecified atom stereocenters. The third-order valence-electron chi connectivity index (χ3n) is 6.38. The lowest BCUT2D eigenvalue weighted by atomic mass is 10.0. The van der Waals surface area contributed by atoms with Gasteiger partial charge in [-0.1, -0.05) is 23.7 Å². The molecule has 3 heterocycles. The molecule has 188 valence electrons. The number of fused-ring (bicyclic) bond motifs is 1. The molecule has 2 atom stereocenters. The summed E-state index contributed by atoms with van der Waals surface area (Å²) in [6.45, 7) is 9.99. The fourth-order valence-corrected chi connectivity index (χ4v) is 4.72. The van der Waals surface area contributed by atoms with Crippen molar-refractivity contribution in [1.29, 1.82) is 0 Å². The zero-order chi connectivity index (χ0) is 25.9. The molecule has 37 heavy (non-hydrogen) atoms. The number of aromatic nitrogens is 2. The number of aryl methyl sites for hydroxylation is 1. The van der Waals surface area contributed by atoms with Crippen LogP contribution in [0.3, 0.4) is 0 Å². The molecule has 1 aliphatic rings. The lowest BCUT2D eigenvalue weighted by molar-refractivity contribution is -0.0223. The number of nitrogens with zero attached hydrogens (tertiary/aromatic N) is 2. The second-order valence-corrected chi connectivity index (χ2v) is 9.41. The second-order valence-electron chi connectivity index (χ2n) is 9.00. The van der Waals surface area contributed by atoms with Gasteiger partial charge in [0, 0.05) is 35.5 Å². The first kappa shape index (κ1) is 24.8. The van der Waals surface area contributed by atoms with Gasteiger partial charge in [0.05, 0.1) is 42.2 Å². The van der Waals surface area contributed by atoms with Crippen LogP contribution in [0.2, 0.25) is 5.02 Å². The van der Waals surface area contributed by atoms with Crippen LogP contribution in [0.15, 0.2) is 54.9 Å². The van der Waals surface area contributed by atoms with Crippen LogP contribution < -0.4 is 10.1 Å². The number of H-pyrrole nitrogens is 1. The Hall–Kier alpha value is -3.90. The molecule has 1 aliphatic heterocycles. The van der Waals surface area contributed by atoms with Gasteiger partial charge < -0.3 is 24.9 Å². The van der Waals surface area contributed by atoms with Crippen LogP contribution in [0.1, 0.15) is 34.3 Å². The van der Waals surface area contributed by atoms with Crippen LogP contribution in [-0.4, -0.2) is 46.2 Å². The first-order valence-corrected chi connectivity index (χ1v) is 12.3. The predicted octanol–water partition coefficient (Wildman–Crippen LogP) is 6.05. The number of anilines is 1. The number of ketones is 1. The molecule has 2 aromatic carbocycles. The number of benzene rings is 2. The van der Waals surface area contributed by atoms with Crippen LogP contribution in [0.5, 0.6) is 11.5 Å². The molecular weight excluding hydrogens is 492 g/mol. The first-order valence-electron chi connectivity index (χ1n) is 11.9. The third-order valence-corrected chi connectivity index (χ3v) is 6.69. The van der Waals surface area contributed by atoms with E-state index in [4.69, 9.17) is 27.6 Å². The van der Waals surface area contributed by atoms with Gasteiger partial charge >= 0.3 is 0 Å². The SMILES string of the molecule is [C-]#[N+]c1cnc2[nH]cc(C(=O)c3ccc(Oc4cccc(C)c4)cc3Cl)c2c1N[C@@H]1CC[C@@H](CO)OC1. The zero-order valence-corrected chi connectivity index (χ0v) is 20.9. The smallest absolute Gasteiger partial charge is 0.228 e. The molecule has 4 aromatic rings. The van der Waals surface area contributed by atoms with Gasteiger partial charge in [0.25, 0.3) is 0 Å². The minimum absolute atomic E-state index is 0.0223. The molecule has 8 nitrogen and oxygen atoms in total. The summed E-state index contributed by atoms with van der Waals surface area (Å²) >= 11 is 6.54. The van der Waals surface area contributed by atoms with Crippen molar-refractivity contribution in [2.24, 2.45) is 0 Å². The van der Waals surface area contributed by atoms with E-state index >= 15 is 0 Å². The van der Waals surface area contributed by atoms with Crippen LogP contribution in [0.25, 0.3) is 15.9 Å². The van der Waals surface area contributed by atoms with Gasteiger partial charge in [-0.25, -0.2) is 9.83 Å². The van der Waals surface area contributed by atoms with Crippen molar-refractivity contribution >= 4 is 39.8 Å². The number of nitrogens with one attached hydrogen (secondary N) is 2. The standard InChI is InChI=1S/C28H25ClN4O4/c1-16-4-3-5-18(10-16)37-19-8-9-21(23(29)11-19)27(35)22-12-31-28-25(22)26(24(30-2)13-32-28)33-17-6-7-20(14-34)36-15-17/h3-5,8-13,17,20,34H,6-7,14-15H2,1H3,(H2,31,32,33)/t17-,20+/m1/s1. The summed E-state index contributed by atoms with van der Waals surface area (Å²) in [5.74, 6) is 0.895. The molecule has 0 aliphatic carbocycles. The summed E-state index contributed by atoms with van der Waals surface area (Å²) in [5.41, 5.74) is 3.05. The van der Waals surface area contributed by atoms with E-state index in [0.717, 1.165) is 12.0 Å². The molecule has 1 saturated heterocycles. The molecule has 3 N–H and O–H groups in total. The number of pyridine rings is 1. The van der Waals surface area contributed by atoms with Gasteiger partial charge in [-0.05, 0) is 49.6 Å². The van der Waals surface area contributed by atoms with Gasteiger partial charge in [-0.15, -0.1) is 0 Å². The number of hydrogen-bond acceptors (Lipinski definition) is 6. The normalized spacial score (nSPS) is 17.4. The van der Waals surface area contributed by atoms with Crippen molar-refractivity contribution in [1.82, 2.24) is 9.97 Å². The van der Waals surface area contributed by atoms with Crippen LogP contribution in [0.4, 0.5) is 11.4 Å². The lowest BCUT2D eigenvalue weighted by Crippen LogP contribution is -2.36. The monoisotopic (exact) mass is 516 g/mol. The molecule has 2 aromatic heterocycles. The van der Waals surface area contributed by atoms with E-state index in [1.165, 1.54) is 6.20 Å². The summed E-state index contributed by atoms with van der Waals surface area (Å²) in [7, 11) is 0. The maximum absolute atomic E-state index is 13.7. The van der Waals surface area contributed by atoms with Crippen molar-refractivity contribution in [3.05, 3.63) is 88.0 Å². The van der Waals surface area contributed by atoms with Crippen molar-refractivity contribution in [2.45, 2.75) is 31.9 Å². The molecule has 1 fully saturated rings. The summed E-state index contributed by atoms with van der Waals surface area (Å²) in [4.78, 5) is 24.7. The Labute approximate surface area is 219 Å². The van der Waals surface area contributed by atoms with Crippen LogP contribution in [-0.2, 0) is 4.74 Å². The van der Waals surface area contributed by atoms with Crippen molar-refractivity contribution < 1.29 is 19.4 Å². The number of aliphatic hydroxyl groups excluding tert-OH is 1. The number of halogens is 1. The number of aliphatic hydroxyl groups is 1. The van der Waals surface area contributed by atoms with E-state index in [2.05, 4.69) is 20.1 Å². The fourth-order valence-electron chi connectivity index (χ4n) is 4.47. The highest BCUT2D eigenvalue weighted by molar-refractivity contribution is 6.36. The molecule has 5 rings (SSSR count). The van der Waals surface area contributed by atoms with E-state index in [-0.39, 0.29) is 29.6 Å². The largest absolute Gasteiger partial charge is 0.457 e. The molecule has 0 radical (unpaired) electrons. The van der Waals surface area contributed by atoms with Crippen LogP contribution in [0, 0.1) is 13.5 Å². The zero-order valence-electron chi connectivity index (χ0n) is 20.1. The number of carbonyl (C=O) groups is 1. The van der Waals surface area contributed by atoms with Gasteiger partial charge in [0.1, 0.15) is 17.1 Å². The minimum atomic E-state index is -0.300. The average molecular weight is 517 g/mol. The molecule has 0 bridgehead atoms. The quantitative estimate of drug-likeness (QED) is 0.204. The van der Waals surface area contributed by atoms with Gasteiger partial charge in [-0.3, -0.25) is 4.79 Å². The number of ether oxygens (including phenoxy) is 2. The van der Waals surface area contributed by atoms with Crippen molar-refractivity contribution in [2.75, 3.05) is 18.5 Å². The van der Waals surface area contributed by atoms with Gasteiger partial charge in [0.2, 0.25) is 5.69 Å². The Morgan fingerprint density at radius 3 is 2.81 bits per heavy atom. The van der Waals surface area contributed by atoms with E-state index in [1.807, 2.05) is 31.2 Å². The Balaban J connectivity index is 1.46. The van der Waals surface area contributed by atoms with Gasteiger partial charge in [0.15, 0.2) is 5.78 Å². The topological polar surface area (TPSA) is 101 Å². The Bertz CT molecular complexity index is 1500. The average Bonchev–Trinajstić information content (AvgIpc) is 3.34. The summed E-state index contributed by atoms with van der Waals surface area (Å²) in [6.07, 6.45) is 4.34. The summed E-state index contributed by atoms with van der Waals surface area (Å²) in [6, 6.07) is 12.5. The Morgan fingerprint density at radius 2 is 2.11 bits per heavy atom. The maximum atomic E-state index is 13.7. The highest BCUT2D eigenvalue weighted by Gasteiger charge is 2.26. The lowest BCUT2D eigenvalue weighted by Gasteiger charge is -2.29. The van der Waals surface area contributed by atoms with E-state index in [0.29, 0.717) is 58.1 Å². The summed E-state index contributed by atoms with van der Waals surface area (Å²) < 4.78 is 11.6. The molecule has 0 amide bonds. The van der Waals surface area contributed by atoms with Gasteiger partial charge in [-0.2, -0.15) is 0 Å². The second kappa shape index (κ2) is 10.6. The number of carbonyl (C=O) groups excluding carboxylic acids is 1. The van der Waals surface area contributed by atoms with E-state index in [9.17, 15) is 9.90 Å². The van der Waals surface area contributed by atoms with Crippen molar-refractivity contribution in [3.8, 4) is 11.5 Å². The number of hydrogen-bond donors (Lipinski definition) is 3. The maximum Gasteiger partial charge on any atom is 0.228 e. The predicted molar refractivity (Wildman–Crippen MR) is 142 cm³/mol. The number of rotatable bonds is 7. The fraction of sp³-hybridized carbons (Fsp3) is 0.250. The molecular formula is C28H25ClN4O4. The number of aromatic amines is 1. The highest BCUT2D eigenvalue weighted by Crippen LogP contribution is 2.37. The Kier molecular flexibility index (Phi) is 7.10. The first-order chi connectivity index (χ1) is 18.0. The third kappa shape index (κ3) is 5.16. The minimum Gasteiger partial charge on any atom is -0.457 e. The molecule has 9 heteroatoms. The van der Waals surface area contributed by atoms with E-state index < -0.39 is 0 Å². The summed E-state index contributed by atoms with van der Waals surface area (Å²) in [5, 5.41) is 13.5. The van der Waals surface area contributed by atoms with Crippen LogP contribution >= 0.6 is 11.6 Å². The van der Waals surface area contributed by atoms with E-state index in [1.54, 1.807) is 24.4 Å².